The summed E-state index contributed by atoms with van der Waals surface area (Å²) in [6, 6.07) is 0. The van der Waals surface area contributed by atoms with Crippen molar-refractivity contribution in [3.05, 3.63) is 5.21 Å². The van der Waals surface area contributed by atoms with Crippen molar-refractivity contribution in [2.45, 2.75) is 78.1 Å². The predicted molar refractivity (Wildman–Crippen MR) is 85.5 cm³/mol. The molecule has 0 aromatic carbocycles. The molecule has 0 aliphatic carbocycles. The Balaban J connectivity index is 0. The van der Waals surface area contributed by atoms with E-state index in [4.69, 9.17) is 5.11 Å². The normalized spacial score (nSPS) is 10.8. The molecule has 0 heterocycles. The Labute approximate surface area is 125 Å². The molecule has 0 unspecified atom stereocenters. The largest absolute Gasteiger partial charge is 0.633 e. The van der Waals surface area contributed by atoms with Crippen molar-refractivity contribution in [1.29, 1.82) is 0 Å². The van der Waals surface area contributed by atoms with Crippen LogP contribution in [0.2, 0.25) is 0 Å². The fourth-order valence-corrected chi connectivity index (χ4v) is 1.80. The molecular formula is C16H35NO3. The number of aliphatic carboxylic acids is 1. The summed E-state index contributed by atoms with van der Waals surface area (Å²) in [6.45, 7) is 5.05. The average molecular weight is 289 g/mol. The number of carboxylic acid groups (broad SMARTS) is 1. The quantitative estimate of drug-likeness (QED) is 0.344. The monoisotopic (exact) mass is 289 g/mol. The molecule has 4 heteroatoms. The minimum atomic E-state index is -0.682. The van der Waals surface area contributed by atoms with E-state index in [1.807, 2.05) is 0 Å². The fraction of sp³-hybridized carbons (Fsp3) is 0.938. The Kier molecular flexibility index (Phi) is 16.0. The van der Waals surface area contributed by atoms with Crippen molar-refractivity contribution in [3.63, 3.8) is 0 Å². The van der Waals surface area contributed by atoms with Crippen molar-refractivity contribution >= 4 is 5.97 Å². The second-order valence-electron chi connectivity index (χ2n) is 5.92. The van der Waals surface area contributed by atoms with Gasteiger partial charge in [-0.25, -0.2) is 0 Å². The summed E-state index contributed by atoms with van der Waals surface area (Å²) in [5.74, 6) is -0.682. The molecule has 0 rings (SSSR count). The van der Waals surface area contributed by atoms with E-state index in [9.17, 15) is 10.0 Å². The van der Waals surface area contributed by atoms with Crippen molar-refractivity contribution in [1.82, 2.24) is 0 Å². The first-order valence-corrected chi connectivity index (χ1v) is 8.09. The highest BCUT2D eigenvalue weighted by molar-refractivity contribution is 5.66. The molecule has 0 saturated carbocycles. The Morgan fingerprint density at radius 2 is 1.35 bits per heavy atom. The molecule has 20 heavy (non-hydrogen) atoms. The molecule has 1 N–H and O–H groups in total. The highest BCUT2D eigenvalue weighted by Crippen LogP contribution is 2.06. The van der Waals surface area contributed by atoms with Crippen LogP contribution in [0.15, 0.2) is 0 Å². The number of nitrogens with zero attached hydrogens (tertiary/aromatic N) is 1. The summed E-state index contributed by atoms with van der Waals surface area (Å²) < 4.78 is -0.131. The minimum Gasteiger partial charge on any atom is -0.633 e. The molecular weight excluding hydrogens is 254 g/mol. The molecule has 0 aromatic rings. The lowest BCUT2D eigenvalue weighted by atomic mass is 10.1. The number of hydroxylamine groups is 3. The first-order chi connectivity index (χ1) is 9.33. The zero-order valence-corrected chi connectivity index (χ0v) is 14.0. The minimum absolute atomic E-state index is 0.131. The molecule has 0 bridgehead atoms. The van der Waals surface area contributed by atoms with Gasteiger partial charge in [-0.2, -0.15) is 0 Å². The molecule has 0 aliphatic rings. The summed E-state index contributed by atoms with van der Waals surface area (Å²) in [4.78, 5) is 9.87. The van der Waals surface area contributed by atoms with E-state index in [1.54, 1.807) is 14.1 Å². The highest BCUT2D eigenvalue weighted by atomic mass is 16.5. The van der Waals surface area contributed by atoms with Gasteiger partial charge in [-0.05, 0) is 19.3 Å². The summed E-state index contributed by atoms with van der Waals surface area (Å²) in [5.41, 5.74) is 0. The third kappa shape index (κ3) is 26.1. The Bertz CT molecular complexity index is 212. The number of carbonyl (C=O) groups is 1. The van der Waals surface area contributed by atoms with Crippen LogP contribution in [0, 0.1) is 5.21 Å². The van der Waals surface area contributed by atoms with Gasteiger partial charge in [0.25, 0.3) is 0 Å². The molecule has 0 fully saturated rings. The average Bonchev–Trinajstić information content (AvgIpc) is 2.33. The smallest absolute Gasteiger partial charge is 0.303 e. The van der Waals surface area contributed by atoms with Crippen LogP contribution in [0.25, 0.3) is 0 Å². The summed E-state index contributed by atoms with van der Waals surface area (Å²) in [6.07, 6.45) is 10.9. The SMILES string of the molecule is CCCCCC(=O)O.CCCCCCCC[N+](C)(C)[O-]. The molecule has 0 atom stereocenters. The van der Waals surface area contributed by atoms with Gasteiger partial charge in [-0.3, -0.25) is 4.79 Å². The molecule has 0 amide bonds. The van der Waals surface area contributed by atoms with Crippen molar-refractivity contribution in [2.24, 2.45) is 0 Å². The number of carboxylic acids is 1. The Morgan fingerprint density at radius 3 is 1.80 bits per heavy atom. The maximum Gasteiger partial charge on any atom is 0.303 e. The molecule has 0 saturated heterocycles. The van der Waals surface area contributed by atoms with Crippen LogP contribution in [0.5, 0.6) is 0 Å². The van der Waals surface area contributed by atoms with Crippen LogP contribution in [0.1, 0.15) is 78.1 Å². The van der Waals surface area contributed by atoms with E-state index in [1.165, 1.54) is 32.1 Å². The maximum atomic E-state index is 11.1. The van der Waals surface area contributed by atoms with E-state index in [0.717, 1.165) is 32.2 Å². The van der Waals surface area contributed by atoms with Crippen LogP contribution in [0.3, 0.4) is 0 Å². The first-order valence-electron chi connectivity index (χ1n) is 8.09. The lowest BCUT2D eigenvalue weighted by molar-refractivity contribution is -0.840. The number of hydrogen-bond acceptors (Lipinski definition) is 2. The second kappa shape index (κ2) is 14.8. The van der Waals surface area contributed by atoms with Crippen LogP contribution in [-0.4, -0.2) is 36.4 Å². The van der Waals surface area contributed by atoms with Gasteiger partial charge in [-0.15, -0.1) is 0 Å². The van der Waals surface area contributed by atoms with Crippen LogP contribution in [0.4, 0.5) is 0 Å². The third-order valence-corrected chi connectivity index (χ3v) is 3.04. The van der Waals surface area contributed by atoms with E-state index >= 15 is 0 Å². The number of rotatable bonds is 11. The number of unbranched alkanes of at least 4 members (excludes halogenated alkanes) is 7. The number of quaternary nitrogens is 1. The van der Waals surface area contributed by atoms with Gasteiger partial charge in [0.05, 0.1) is 20.6 Å². The predicted octanol–water partition coefficient (Wildman–Crippen LogP) is 4.57. The zero-order valence-electron chi connectivity index (χ0n) is 14.0. The van der Waals surface area contributed by atoms with Gasteiger partial charge in [0.15, 0.2) is 0 Å². The van der Waals surface area contributed by atoms with Crippen molar-refractivity contribution in [2.75, 3.05) is 20.6 Å². The fourth-order valence-electron chi connectivity index (χ4n) is 1.80. The van der Waals surface area contributed by atoms with Gasteiger partial charge in [0.1, 0.15) is 0 Å². The topological polar surface area (TPSA) is 60.4 Å². The molecule has 0 aromatic heterocycles. The standard InChI is InChI=1S/C10H23NO.C6H12O2/c1-4-5-6-7-8-9-10-11(2,3)12;1-2-3-4-5-6(7)8/h4-10H2,1-3H3;2-5H2,1H3,(H,7,8). The Hall–Kier alpha value is -0.610. The highest BCUT2D eigenvalue weighted by Gasteiger charge is 1.99. The van der Waals surface area contributed by atoms with E-state index < -0.39 is 5.97 Å². The summed E-state index contributed by atoms with van der Waals surface area (Å²) in [7, 11) is 3.43. The van der Waals surface area contributed by atoms with Gasteiger partial charge in [0.2, 0.25) is 0 Å². The van der Waals surface area contributed by atoms with Gasteiger partial charge in [-0.1, -0.05) is 52.4 Å². The lowest BCUT2D eigenvalue weighted by Crippen LogP contribution is -2.32. The molecule has 122 valence electrons. The molecule has 4 nitrogen and oxygen atoms in total. The van der Waals surface area contributed by atoms with Gasteiger partial charge >= 0.3 is 5.97 Å². The van der Waals surface area contributed by atoms with Crippen molar-refractivity contribution < 1.29 is 14.5 Å². The third-order valence-electron chi connectivity index (χ3n) is 3.04. The second-order valence-corrected chi connectivity index (χ2v) is 5.92. The first kappa shape index (κ1) is 21.7. The molecule has 0 aliphatic heterocycles. The molecule has 0 spiro atoms. The summed E-state index contributed by atoms with van der Waals surface area (Å²) >= 11 is 0. The van der Waals surface area contributed by atoms with E-state index in [0.29, 0.717) is 6.42 Å². The lowest BCUT2D eigenvalue weighted by Gasteiger charge is -2.33. The zero-order chi connectivity index (χ0) is 15.9. The van der Waals surface area contributed by atoms with Crippen LogP contribution < -0.4 is 0 Å². The van der Waals surface area contributed by atoms with Crippen molar-refractivity contribution in [3.8, 4) is 0 Å². The van der Waals surface area contributed by atoms with E-state index in [-0.39, 0.29) is 4.65 Å². The Morgan fingerprint density at radius 1 is 0.900 bits per heavy atom. The van der Waals surface area contributed by atoms with Crippen LogP contribution >= 0.6 is 0 Å². The summed E-state index contributed by atoms with van der Waals surface area (Å²) in [5, 5.41) is 19.3. The van der Waals surface area contributed by atoms with Gasteiger partial charge < -0.3 is 15.0 Å². The number of hydrogen-bond donors (Lipinski definition) is 1. The maximum absolute atomic E-state index is 11.1. The van der Waals surface area contributed by atoms with Gasteiger partial charge in [0, 0.05) is 6.42 Å². The van der Waals surface area contributed by atoms with Crippen LogP contribution in [-0.2, 0) is 4.79 Å². The molecule has 0 radical (unpaired) electrons. The van der Waals surface area contributed by atoms with E-state index in [2.05, 4.69) is 13.8 Å².